The molecule has 0 fully saturated rings. The molecule has 30 heavy (non-hydrogen) atoms. The molecule has 3 heterocycles. The molecule has 0 aliphatic heterocycles. The quantitative estimate of drug-likeness (QED) is 0.362. The summed E-state index contributed by atoms with van der Waals surface area (Å²) < 4.78 is 6.97. The number of aromatic amines is 1. The average molecular weight is 423 g/mol. The van der Waals surface area contributed by atoms with E-state index < -0.39 is 0 Å². The number of furan rings is 1. The summed E-state index contributed by atoms with van der Waals surface area (Å²) in [4.78, 5) is 35.4. The number of aryl methyl sites for hydroxylation is 1. The van der Waals surface area contributed by atoms with Gasteiger partial charge < -0.3 is 14.3 Å². The normalized spacial score (nSPS) is 11.1. The van der Waals surface area contributed by atoms with Crippen molar-refractivity contribution < 1.29 is 9.21 Å². The number of hydrogen-bond acceptors (Lipinski definition) is 5. The Hall–Kier alpha value is -3.26. The second-order valence-electron chi connectivity index (χ2n) is 6.84. The Morgan fingerprint density at radius 2 is 2.03 bits per heavy atom. The zero-order valence-electron chi connectivity index (χ0n) is 16.8. The highest BCUT2D eigenvalue weighted by atomic mass is 32.2. The number of nitrogens with one attached hydrogen (secondary N) is 1. The molecule has 4 rings (SSSR count). The second-order valence-corrected chi connectivity index (χ2v) is 7.78. The van der Waals surface area contributed by atoms with Crippen LogP contribution in [-0.4, -0.2) is 32.7 Å². The Morgan fingerprint density at radius 1 is 1.23 bits per heavy atom. The minimum Gasteiger partial charge on any atom is -0.467 e. The summed E-state index contributed by atoms with van der Waals surface area (Å²) in [6.07, 6.45) is 1.57. The maximum Gasteiger partial charge on any atom is 0.278 e. The maximum absolute atomic E-state index is 13.1. The van der Waals surface area contributed by atoms with Crippen LogP contribution < -0.4 is 10.5 Å². The molecule has 0 bridgehead atoms. The van der Waals surface area contributed by atoms with Crippen molar-refractivity contribution in [1.82, 2.24) is 14.5 Å². The smallest absolute Gasteiger partial charge is 0.278 e. The molecule has 1 amide bonds. The van der Waals surface area contributed by atoms with Crippen LogP contribution in [0.4, 0.5) is 5.69 Å². The number of nitrogens with zero attached hydrogens (tertiary/aromatic N) is 3. The lowest BCUT2D eigenvalue weighted by atomic mass is 10.3. The number of amides is 1. The van der Waals surface area contributed by atoms with E-state index in [2.05, 4.69) is 9.97 Å². The number of aromatic nitrogens is 3. The highest BCUT2D eigenvalue weighted by Crippen LogP contribution is 2.22. The first-order valence-electron chi connectivity index (χ1n) is 9.67. The van der Waals surface area contributed by atoms with Gasteiger partial charge in [-0.15, -0.1) is 0 Å². The van der Waals surface area contributed by atoms with E-state index in [1.165, 1.54) is 11.8 Å². The molecule has 1 aromatic carbocycles. The number of para-hydroxylation sites is 1. The SMILES string of the molecule is CCN(C(=O)CSc1nc2cc(C)[nH]c2c(=O)n1Cc1ccco1)c1ccccc1. The second kappa shape index (κ2) is 8.62. The Labute approximate surface area is 177 Å². The third-order valence-electron chi connectivity index (χ3n) is 4.74. The van der Waals surface area contributed by atoms with Crippen LogP contribution in [0, 0.1) is 6.92 Å². The molecular formula is C22H22N4O3S. The summed E-state index contributed by atoms with van der Waals surface area (Å²) in [5.41, 5.74) is 2.57. The summed E-state index contributed by atoms with van der Waals surface area (Å²) in [5, 5.41) is 0.486. The molecule has 0 saturated carbocycles. The lowest BCUT2D eigenvalue weighted by Crippen LogP contribution is -2.32. The monoisotopic (exact) mass is 422 g/mol. The Bertz CT molecular complexity index is 1210. The van der Waals surface area contributed by atoms with E-state index in [9.17, 15) is 9.59 Å². The fraction of sp³-hybridized carbons (Fsp3) is 0.227. The van der Waals surface area contributed by atoms with Crippen LogP contribution in [0.5, 0.6) is 0 Å². The fourth-order valence-electron chi connectivity index (χ4n) is 3.33. The number of fused-ring (bicyclic) bond motifs is 1. The number of rotatable bonds is 7. The molecule has 4 aromatic rings. The predicted molar refractivity (Wildman–Crippen MR) is 118 cm³/mol. The summed E-state index contributed by atoms with van der Waals surface area (Å²) in [6.45, 7) is 4.63. The van der Waals surface area contributed by atoms with Gasteiger partial charge in [-0.3, -0.25) is 14.2 Å². The molecule has 0 radical (unpaired) electrons. The van der Waals surface area contributed by atoms with E-state index in [0.717, 1.165) is 11.4 Å². The number of anilines is 1. The van der Waals surface area contributed by atoms with Gasteiger partial charge in [0, 0.05) is 17.9 Å². The summed E-state index contributed by atoms with van der Waals surface area (Å²) >= 11 is 1.26. The Morgan fingerprint density at radius 3 is 2.73 bits per heavy atom. The topological polar surface area (TPSA) is 84.1 Å². The lowest BCUT2D eigenvalue weighted by Gasteiger charge is -2.21. The summed E-state index contributed by atoms with van der Waals surface area (Å²) in [6, 6.07) is 15.0. The van der Waals surface area contributed by atoms with Crippen molar-refractivity contribution in [2.45, 2.75) is 25.5 Å². The van der Waals surface area contributed by atoms with Gasteiger partial charge in [0.05, 0.1) is 24.1 Å². The first kappa shape index (κ1) is 20.0. The van der Waals surface area contributed by atoms with Gasteiger partial charge in [-0.1, -0.05) is 30.0 Å². The largest absolute Gasteiger partial charge is 0.467 e. The summed E-state index contributed by atoms with van der Waals surface area (Å²) in [7, 11) is 0. The molecule has 0 aliphatic rings. The minimum absolute atomic E-state index is 0.0437. The van der Waals surface area contributed by atoms with Crippen molar-refractivity contribution >= 4 is 34.4 Å². The Balaban J connectivity index is 1.64. The van der Waals surface area contributed by atoms with Gasteiger partial charge in [-0.2, -0.15) is 0 Å². The number of carbonyl (C=O) groups excluding carboxylic acids is 1. The highest BCUT2D eigenvalue weighted by molar-refractivity contribution is 7.99. The molecule has 0 spiro atoms. The molecule has 7 nitrogen and oxygen atoms in total. The van der Waals surface area contributed by atoms with Gasteiger partial charge in [-0.05, 0) is 44.2 Å². The van der Waals surface area contributed by atoms with Crippen LogP contribution in [-0.2, 0) is 11.3 Å². The fourth-order valence-corrected chi connectivity index (χ4v) is 4.21. The molecule has 0 unspecified atom stereocenters. The number of thioether (sulfide) groups is 1. The zero-order chi connectivity index (χ0) is 21.1. The standard InChI is InChI=1S/C22H22N4O3S/c1-3-25(16-8-5-4-6-9-16)19(27)14-30-22-24-18-12-15(2)23-20(18)21(28)26(22)13-17-10-7-11-29-17/h4-12,23H,3,13-14H2,1-2H3. The molecular weight excluding hydrogens is 400 g/mol. The summed E-state index contributed by atoms with van der Waals surface area (Å²) in [5.74, 6) is 0.773. The predicted octanol–water partition coefficient (Wildman–Crippen LogP) is 3.82. The van der Waals surface area contributed by atoms with E-state index in [4.69, 9.17) is 4.42 Å². The van der Waals surface area contributed by atoms with Gasteiger partial charge in [0.25, 0.3) is 5.56 Å². The number of H-pyrrole nitrogens is 1. The van der Waals surface area contributed by atoms with Crippen molar-refractivity contribution in [3.8, 4) is 0 Å². The van der Waals surface area contributed by atoms with Gasteiger partial charge >= 0.3 is 0 Å². The van der Waals surface area contributed by atoms with Crippen molar-refractivity contribution in [1.29, 1.82) is 0 Å². The minimum atomic E-state index is -0.185. The number of carbonyl (C=O) groups is 1. The van der Waals surface area contributed by atoms with Crippen molar-refractivity contribution in [2.24, 2.45) is 0 Å². The molecule has 0 saturated heterocycles. The van der Waals surface area contributed by atoms with Crippen LogP contribution in [0.1, 0.15) is 18.4 Å². The molecule has 1 N–H and O–H groups in total. The van der Waals surface area contributed by atoms with Gasteiger partial charge in [0.2, 0.25) is 5.91 Å². The van der Waals surface area contributed by atoms with Crippen LogP contribution in [0.3, 0.4) is 0 Å². The maximum atomic E-state index is 13.1. The van der Waals surface area contributed by atoms with E-state index >= 15 is 0 Å². The molecule has 154 valence electrons. The van der Waals surface area contributed by atoms with E-state index in [-0.39, 0.29) is 23.8 Å². The van der Waals surface area contributed by atoms with Crippen molar-refractivity contribution in [3.05, 3.63) is 76.6 Å². The van der Waals surface area contributed by atoms with Crippen molar-refractivity contribution in [3.63, 3.8) is 0 Å². The van der Waals surface area contributed by atoms with Crippen LogP contribution >= 0.6 is 11.8 Å². The van der Waals surface area contributed by atoms with Crippen LogP contribution in [0.15, 0.2) is 69.2 Å². The molecule has 0 atom stereocenters. The zero-order valence-corrected chi connectivity index (χ0v) is 17.6. The molecule has 0 aliphatic carbocycles. The third-order valence-corrected chi connectivity index (χ3v) is 5.70. The lowest BCUT2D eigenvalue weighted by molar-refractivity contribution is -0.116. The van der Waals surface area contributed by atoms with E-state index in [1.54, 1.807) is 21.8 Å². The number of hydrogen-bond donors (Lipinski definition) is 1. The highest BCUT2D eigenvalue weighted by Gasteiger charge is 2.18. The first-order chi connectivity index (χ1) is 14.6. The molecule has 8 heteroatoms. The Kier molecular flexibility index (Phi) is 5.76. The van der Waals surface area contributed by atoms with Gasteiger partial charge in [0.1, 0.15) is 11.3 Å². The van der Waals surface area contributed by atoms with E-state index in [0.29, 0.717) is 28.5 Å². The van der Waals surface area contributed by atoms with Crippen LogP contribution in [0.2, 0.25) is 0 Å². The van der Waals surface area contributed by atoms with Gasteiger partial charge in [-0.25, -0.2) is 4.98 Å². The molecule has 3 aromatic heterocycles. The van der Waals surface area contributed by atoms with Gasteiger partial charge in [0.15, 0.2) is 5.16 Å². The third kappa shape index (κ3) is 4.04. The van der Waals surface area contributed by atoms with Crippen molar-refractivity contribution in [2.75, 3.05) is 17.2 Å². The number of benzene rings is 1. The van der Waals surface area contributed by atoms with E-state index in [1.807, 2.05) is 56.3 Å². The average Bonchev–Trinajstić information content (AvgIpc) is 3.39. The first-order valence-corrected chi connectivity index (χ1v) is 10.7. The van der Waals surface area contributed by atoms with Crippen LogP contribution in [0.25, 0.3) is 11.0 Å².